The fraction of sp³-hybridized carbons (Fsp3) is 0.333. The normalized spacial score (nSPS) is 12.0. The van der Waals surface area contributed by atoms with Crippen LogP contribution in [0.2, 0.25) is 0 Å². The molecule has 0 atom stereocenters. The Bertz CT molecular complexity index is 770. The minimum Gasteiger partial charge on any atom is -0.343 e. The van der Waals surface area contributed by atoms with Crippen LogP contribution in [0.25, 0.3) is 10.9 Å². The van der Waals surface area contributed by atoms with Crippen molar-refractivity contribution in [2.75, 3.05) is 0 Å². The molecule has 114 valence electrons. The van der Waals surface area contributed by atoms with Crippen LogP contribution in [0.3, 0.4) is 0 Å². The lowest BCUT2D eigenvalue weighted by Gasteiger charge is -2.19. The number of nitrogens with zero attached hydrogens (tertiary/aromatic N) is 1. The molecule has 0 aliphatic heterocycles. The van der Waals surface area contributed by atoms with E-state index in [4.69, 9.17) is 0 Å². The van der Waals surface area contributed by atoms with Crippen molar-refractivity contribution in [1.82, 2.24) is 4.57 Å². The lowest BCUT2D eigenvalue weighted by Crippen LogP contribution is -2.10. The Kier molecular flexibility index (Phi) is 3.82. The van der Waals surface area contributed by atoms with Crippen molar-refractivity contribution in [3.63, 3.8) is 0 Å². The molecule has 3 rings (SSSR count). The Hall–Kier alpha value is -2.02. The predicted octanol–water partition coefficient (Wildman–Crippen LogP) is 5.55. The summed E-state index contributed by atoms with van der Waals surface area (Å²) in [5.41, 5.74) is 5.68. The second-order valence-electron chi connectivity index (χ2n) is 7.14. The third kappa shape index (κ3) is 2.94. The first-order chi connectivity index (χ1) is 10.5. The van der Waals surface area contributed by atoms with Gasteiger partial charge in [0.15, 0.2) is 0 Å². The van der Waals surface area contributed by atoms with Crippen molar-refractivity contribution >= 4 is 10.9 Å². The molecular weight excluding hydrogens is 266 g/mol. The molecule has 22 heavy (non-hydrogen) atoms. The van der Waals surface area contributed by atoms with Crippen LogP contribution in [0, 0.1) is 0 Å². The van der Waals surface area contributed by atoms with Crippen LogP contribution < -0.4 is 0 Å². The van der Waals surface area contributed by atoms with Crippen LogP contribution in [0.5, 0.6) is 0 Å². The highest BCUT2D eigenvalue weighted by atomic mass is 14.9. The van der Waals surface area contributed by atoms with Crippen molar-refractivity contribution in [2.45, 2.75) is 46.1 Å². The molecule has 0 fully saturated rings. The first-order valence-electron chi connectivity index (χ1n) is 8.14. The predicted molar refractivity (Wildman–Crippen MR) is 95.6 cm³/mol. The van der Waals surface area contributed by atoms with Gasteiger partial charge in [-0.3, -0.25) is 0 Å². The second-order valence-corrected chi connectivity index (χ2v) is 7.14. The van der Waals surface area contributed by atoms with Crippen molar-refractivity contribution in [3.8, 4) is 0 Å². The number of hydrogen-bond donors (Lipinski definition) is 0. The Morgan fingerprint density at radius 2 is 1.55 bits per heavy atom. The van der Waals surface area contributed by atoms with E-state index in [0.717, 1.165) is 13.0 Å². The first kappa shape index (κ1) is 14.9. The number of aromatic nitrogens is 1. The quantitative estimate of drug-likeness (QED) is 0.596. The summed E-state index contributed by atoms with van der Waals surface area (Å²) in [4.78, 5) is 0. The molecule has 0 aliphatic rings. The maximum absolute atomic E-state index is 2.33. The Balaban J connectivity index is 1.87. The summed E-state index contributed by atoms with van der Waals surface area (Å²) in [6, 6.07) is 18.0. The van der Waals surface area contributed by atoms with Crippen LogP contribution in [0.4, 0.5) is 0 Å². The van der Waals surface area contributed by atoms with Gasteiger partial charge in [0.1, 0.15) is 0 Å². The Morgan fingerprint density at radius 3 is 2.18 bits per heavy atom. The smallest absolute Gasteiger partial charge is 0.0483 e. The van der Waals surface area contributed by atoms with Gasteiger partial charge in [-0.2, -0.15) is 0 Å². The lowest BCUT2D eigenvalue weighted by molar-refractivity contribution is 0.590. The summed E-state index contributed by atoms with van der Waals surface area (Å²) in [7, 11) is 0. The number of aryl methyl sites for hydroxylation is 1. The number of fused-ring (bicyclic) bond motifs is 1. The number of benzene rings is 2. The van der Waals surface area contributed by atoms with E-state index in [1.54, 1.807) is 0 Å². The molecule has 0 saturated heterocycles. The topological polar surface area (TPSA) is 4.93 Å². The fourth-order valence-corrected chi connectivity index (χ4v) is 2.91. The van der Waals surface area contributed by atoms with Gasteiger partial charge in [-0.1, -0.05) is 58.0 Å². The molecule has 0 radical (unpaired) electrons. The lowest BCUT2D eigenvalue weighted by atomic mass is 9.87. The summed E-state index contributed by atoms with van der Waals surface area (Å²) in [6.45, 7) is 9.90. The van der Waals surface area contributed by atoms with Crippen molar-refractivity contribution in [1.29, 1.82) is 0 Å². The van der Waals surface area contributed by atoms with Gasteiger partial charge in [-0.25, -0.2) is 0 Å². The molecule has 0 bridgehead atoms. The van der Waals surface area contributed by atoms with E-state index in [1.165, 1.54) is 27.6 Å². The molecule has 0 amide bonds. The van der Waals surface area contributed by atoms with Crippen LogP contribution in [-0.2, 0) is 18.4 Å². The Morgan fingerprint density at radius 1 is 0.864 bits per heavy atom. The van der Waals surface area contributed by atoms with E-state index in [-0.39, 0.29) is 5.41 Å². The fourth-order valence-electron chi connectivity index (χ4n) is 2.91. The maximum Gasteiger partial charge on any atom is 0.0483 e. The van der Waals surface area contributed by atoms with E-state index >= 15 is 0 Å². The largest absolute Gasteiger partial charge is 0.343 e. The Labute approximate surface area is 133 Å². The first-order valence-corrected chi connectivity index (χ1v) is 8.14. The molecule has 1 heteroatoms. The van der Waals surface area contributed by atoms with Gasteiger partial charge in [0.05, 0.1) is 0 Å². The molecule has 0 unspecified atom stereocenters. The highest BCUT2D eigenvalue weighted by Gasteiger charge is 2.12. The number of hydrogen-bond acceptors (Lipinski definition) is 0. The average molecular weight is 291 g/mol. The second kappa shape index (κ2) is 5.64. The van der Waals surface area contributed by atoms with Gasteiger partial charge in [0, 0.05) is 18.3 Å². The van der Waals surface area contributed by atoms with E-state index < -0.39 is 0 Å². The molecule has 1 nitrogen and oxygen atoms in total. The van der Waals surface area contributed by atoms with Crippen molar-refractivity contribution in [2.24, 2.45) is 0 Å². The molecule has 0 aliphatic carbocycles. The van der Waals surface area contributed by atoms with Crippen molar-refractivity contribution < 1.29 is 0 Å². The van der Waals surface area contributed by atoms with Crippen molar-refractivity contribution in [3.05, 3.63) is 71.4 Å². The van der Waals surface area contributed by atoms with Crippen LogP contribution in [0.1, 0.15) is 44.4 Å². The van der Waals surface area contributed by atoms with Gasteiger partial charge >= 0.3 is 0 Å². The molecule has 0 N–H and O–H groups in total. The average Bonchev–Trinajstić information content (AvgIpc) is 2.89. The molecule has 0 saturated carbocycles. The van der Waals surface area contributed by atoms with Gasteiger partial charge in [-0.05, 0) is 52.1 Å². The highest BCUT2D eigenvalue weighted by Crippen LogP contribution is 2.23. The zero-order chi connectivity index (χ0) is 15.7. The van der Waals surface area contributed by atoms with Crippen LogP contribution in [-0.4, -0.2) is 4.57 Å². The highest BCUT2D eigenvalue weighted by molar-refractivity contribution is 5.81. The molecular formula is C21H25N. The van der Waals surface area contributed by atoms with Gasteiger partial charge < -0.3 is 4.57 Å². The zero-order valence-corrected chi connectivity index (χ0v) is 14.1. The van der Waals surface area contributed by atoms with E-state index in [9.17, 15) is 0 Å². The summed E-state index contributed by atoms with van der Waals surface area (Å²) in [5.74, 6) is 0. The molecule has 1 heterocycles. The minimum atomic E-state index is 0.217. The summed E-state index contributed by atoms with van der Waals surface area (Å²) in [5, 5.41) is 1.34. The van der Waals surface area contributed by atoms with E-state index in [2.05, 4.69) is 87.0 Å². The van der Waals surface area contributed by atoms with E-state index in [1.807, 2.05) is 0 Å². The monoisotopic (exact) mass is 291 g/mol. The third-order valence-corrected chi connectivity index (χ3v) is 4.42. The molecule has 0 spiro atoms. The van der Waals surface area contributed by atoms with Gasteiger partial charge in [0.25, 0.3) is 0 Å². The molecule has 2 aromatic carbocycles. The molecule has 1 aromatic heterocycles. The SMILES string of the molecule is CCc1ccc2c(ccn2Cc2ccc(C(C)(C)C)cc2)c1. The zero-order valence-electron chi connectivity index (χ0n) is 14.1. The van der Waals surface area contributed by atoms with Crippen LogP contribution >= 0.6 is 0 Å². The third-order valence-electron chi connectivity index (χ3n) is 4.42. The van der Waals surface area contributed by atoms with E-state index in [0.29, 0.717) is 0 Å². The maximum atomic E-state index is 2.33. The van der Waals surface area contributed by atoms with Crippen LogP contribution in [0.15, 0.2) is 54.7 Å². The summed E-state index contributed by atoms with van der Waals surface area (Å²) in [6.07, 6.45) is 3.29. The number of rotatable bonds is 3. The summed E-state index contributed by atoms with van der Waals surface area (Å²) < 4.78 is 2.33. The van der Waals surface area contributed by atoms with Gasteiger partial charge in [0.2, 0.25) is 0 Å². The van der Waals surface area contributed by atoms with Gasteiger partial charge in [-0.15, -0.1) is 0 Å². The minimum absolute atomic E-state index is 0.217. The standard InChI is InChI=1S/C21H25N/c1-5-16-8-11-20-18(14-16)12-13-22(20)15-17-6-9-19(10-7-17)21(2,3)4/h6-14H,5,15H2,1-4H3. The summed E-state index contributed by atoms with van der Waals surface area (Å²) >= 11 is 0. The molecule has 3 aromatic rings.